The van der Waals surface area contributed by atoms with Crippen molar-refractivity contribution in [3.8, 4) is 5.75 Å². The van der Waals surface area contributed by atoms with Crippen LogP contribution in [0.1, 0.15) is 6.42 Å². The molecule has 2 amide bonds. The highest BCUT2D eigenvalue weighted by atomic mass is 32.2. The number of carbonyl (C=O) groups is 1. The third kappa shape index (κ3) is 4.29. The fourth-order valence-electron chi connectivity index (χ4n) is 3.77. The Kier molecular flexibility index (Phi) is 5.72. The lowest BCUT2D eigenvalue weighted by atomic mass is 10.0. The van der Waals surface area contributed by atoms with E-state index in [2.05, 4.69) is 4.90 Å². The molecule has 0 N–H and O–H groups in total. The maximum atomic E-state index is 12.4. The van der Waals surface area contributed by atoms with Crippen LogP contribution in [0, 0.1) is 0 Å². The number of fused-ring (bicyclic) bond motifs is 1. The number of sulfone groups is 1. The van der Waals surface area contributed by atoms with Crippen LogP contribution in [-0.4, -0.2) is 93.1 Å². The molecule has 26 heavy (non-hydrogen) atoms. The predicted octanol–water partition coefficient (Wildman–Crippen LogP) is 0.920. The van der Waals surface area contributed by atoms with E-state index in [9.17, 15) is 13.2 Å². The second kappa shape index (κ2) is 7.84. The summed E-state index contributed by atoms with van der Waals surface area (Å²) in [6, 6.07) is 9.18. The quantitative estimate of drug-likeness (QED) is 0.710. The highest BCUT2D eigenvalue weighted by Gasteiger charge is 2.48. The molecule has 144 valence electrons. The van der Waals surface area contributed by atoms with Gasteiger partial charge in [-0.1, -0.05) is 18.2 Å². The summed E-state index contributed by atoms with van der Waals surface area (Å²) in [6.45, 7) is 2.62. The van der Waals surface area contributed by atoms with E-state index in [1.807, 2.05) is 30.3 Å². The molecule has 0 saturated carbocycles. The Morgan fingerprint density at radius 3 is 2.54 bits per heavy atom. The van der Waals surface area contributed by atoms with E-state index in [1.165, 1.54) is 4.90 Å². The molecule has 2 saturated heterocycles. The van der Waals surface area contributed by atoms with Crippen LogP contribution in [0.2, 0.25) is 0 Å². The van der Waals surface area contributed by atoms with Crippen LogP contribution in [0.25, 0.3) is 0 Å². The number of ether oxygens (including phenoxy) is 1. The Labute approximate surface area is 155 Å². The first-order chi connectivity index (χ1) is 12.4. The Hall–Kier alpha value is -1.80. The molecule has 0 unspecified atom stereocenters. The van der Waals surface area contributed by atoms with Crippen molar-refractivity contribution in [1.82, 2.24) is 14.7 Å². The number of hydrogen-bond acceptors (Lipinski definition) is 5. The Bertz CT molecular complexity index is 723. The molecule has 7 nitrogen and oxygen atoms in total. The van der Waals surface area contributed by atoms with Crippen molar-refractivity contribution in [3.63, 3.8) is 0 Å². The number of carbonyl (C=O) groups excluding carboxylic acids is 1. The molecule has 2 aliphatic heterocycles. The van der Waals surface area contributed by atoms with Crippen molar-refractivity contribution in [2.45, 2.75) is 18.5 Å². The highest BCUT2D eigenvalue weighted by Crippen LogP contribution is 2.27. The minimum atomic E-state index is -3.11. The van der Waals surface area contributed by atoms with Crippen LogP contribution < -0.4 is 4.74 Å². The lowest BCUT2D eigenvalue weighted by Crippen LogP contribution is -2.62. The maximum absolute atomic E-state index is 12.4. The van der Waals surface area contributed by atoms with E-state index < -0.39 is 9.84 Å². The van der Waals surface area contributed by atoms with Gasteiger partial charge in [0.25, 0.3) is 0 Å². The lowest BCUT2D eigenvalue weighted by molar-refractivity contribution is 0.0536. The summed E-state index contributed by atoms with van der Waals surface area (Å²) in [5.74, 6) is 1.04. The number of benzene rings is 1. The molecule has 2 fully saturated rings. The topological polar surface area (TPSA) is 70.2 Å². The summed E-state index contributed by atoms with van der Waals surface area (Å²) in [6.07, 6.45) is 0.819. The minimum absolute atomic E-state index is 0.0638. The third-order valence-corrected chi connectivity index (χ3v) is 6.72. The molecule has 8 heteroatoms. The van der Waals surface area contributed by atoms with Crippen molar-refractivity contribution in [1.29, 1.82) is 0 Å². The second-order valence-electron chi connectivity index (χ2n) is 7.13. The molecular formula is C18H27N3O4S. The van der Waals surface area contributed by atoms with Crippen LogP contribution in [0.4, 0.5) is 4.79 Å². The largest absolute Gasteiger partial charge is 0.494 e. The van der Waals surface area contributed by atoms with Gasteiger partial charge in [0.15, 0.2) is 9.84 Å². The standard InChI is InChI=1S/C18H27N3O4S/c1-19(2)18(22)21-11-10-20(16-13-26(23,24)14-17(16)21)9-6-12-25-15-7-4-3-5-8-15/h3-5,7-8,16-17H,6,9-14H2,1-2H3/t16-,17+/m1/s1. The summed E-state index contributed by atoms with van der Waals surface area (Å²) in [5.41, 5.74) is 0. The first kappa shape index (κ1) is 19.0. The third-order valence-electron chi connectivity index (χ3n) is 5.02. The molecule has 2 atom stereocenters. The predicted molar refractivity (Wildman–Crippen MR) is 100 cm³/mol. The molecule has 0 radical (unpaired) electrons. The van der Waals surface area contributed by atoms with Gasteiger partial charge in [0.1, 0.15) is 5.75 Å². The summed E-state index contributed by atoms with van der Waals surface area (Å²) in [7, 11) is 0.292. The van der Waals surface area contributed by atoms with E-state index in [1.54, 1.807) is 19.0 Å². The van der Waals surface area contributed by atoms with Crippen molar-refractivity contribution < 1.29 is 17.9 Å². The molecule has 3 rings (SSSR count). The Balaban J connectivity index is 1.58. The van der Waals surface area contributed by atoms with Gasteiger partial charge in [-0.2, -0.15) is 0 Å². The van der Waals surface area contributed by atoms with Gasteiger partial charge in [-0.15, -0.1) is 0 Å². The van der Waals surface area contributed by atoms with Crippen LogP contribution >= 0.6 is 0 Å². The fourth-order valence-corrected chi connectivity index (χ4v) is 5.78. The van der Waals surface area contributed by atoms with Crippen molar-refractivity contribution >= 4 is 15.9 Å². The average molecular weight is 381 g/mol. The average Bonchev–Trinajstić information content (AvgIpc) is 2.94. The first-order valence-corrected chi connectivity index (χ1v) is 10.8. The zero-order valence-electron chi connectivity index (χ0n) is 15.4. The molecule has 1 aromatic carbocycles. The smallest absolute Gasteiger partial charge is 0.319 e. The number of hydrogen-bond donors (Lipinski definition) is 0. The van der Waals surface area contributed by atoms with Gasteiger partial charge in [-0.05, 0) is 18.6 Å². The van der Waals surface area contributed by atoms with E-state index in [0.29, 0.717) is 19.7 Å². The summed E-state index contributed by atoms with van der Waals surface area (Å²) < 4.78 is 30.1. The van der Waals surface area contributed by atoms with Crippen LogP contribution in [0.5, 0.6) is 5.75 Å². The number of urea groups is 1. The molecule has 0 aromatic heterocycles. The van der Waals surface area contributed by atoms with Gasteiger partial charge in [0, 0.05) is 39.8 Å². The van der Waals surface area contributed by atoms with Gasteiger partial charge in [0.05, 0.1) is 24.2 Å². The SMILES string of the molecule is CN(C)C(=O)N1CCN(CCCOc2ccccc2)[C@@H]2CS(=O)(=O)C[C@@H]21. The fraction of sp³-hybridized carbons (Fsp3) is 0.611. The number of nitrogens with zero attached hydrogens (tertiary/aromatic N) is 3. The zero-order valence-corrected chi connectivity index (χ0v) is 16.2. The summed E-state index contributed by atoms with van der Waals surface area (Å²) >= 11 is 0. The van der Waals surface area contributed by atoms with Crippen LogP contribution in [0.15, 0.2) is 30.3 Å². The van der Waals surface area contributed by atoms with Crippen LogP contribution in [0.3, 0.4) is 0 Å². The van der Waals surface area contributed by atoms with E-state index >= 15 is 0 Å². The van der Waals surface area contributed by atoms with Gasteiger partial charge >= 0.3 is 6.03 Å². The molecule has 0 spiro atoms. The van der Waals surface area contributed by atoms with Gasteiger partial charge < -0.3 is 14.5 Å². The number of amides is 2. The van der Waals surface area contributed by atoms with Crippen molar-refractivity contribution in [2.24, 2.45) is 0 Å². The number of para-hydroxylation sites is 1. The number of piperazine rings is 1. The van der Waals surface area contributed by atoms with E-state index in [0.717, 1.165) is 18.7 Å². The van der Waals surface area contributed by atoms with E-state index in [-0.39, 0.29) is 29.6 Å². The Morgan fingerprint density at radius 2 is 1.85 bits per heavy atom. The molecule has 0 bridgehead atoms. The highest BCUT2D eigenvalue weighted by molar-refractivity contribution is 7.91. The van der Waals surface area contributed by atoms with Gasteiger partial charge in [0.2, 0.25) is 0 Å². The molecule has 2 heterocycles. The maximum Gasteiger partial charge on any atom is 0.319 e. The lowest BCUT2D eigenvalue weighted by Gasteiger charge is -2.44. The van der Waals surface area contributed by atoms with Gasteiger partial charge in [-0.3, -0.25) is 4.90 Å². The number of rotatable bonds is 5. The normalized spacial score (nSPS) is 24.9. The zero-order chi connectivity index (χ0) is 18.7. The molecule has 0 aliphatic carbocycles. The Morgan fingerprint density at radius 1 is 1.15 bits per heavy atom. The molecular weight excluding hydrogens is 354 g/mol. The van der Waals surface area contributed by atoms with E-state index in [4.69, 9.17) is 4.74 Å². The van der Waals surface area contributed by atoms with Crippen molar-refractivity contribution in [3.05, 3.63) is 30.3 Å². The first-order valence-electron chi connectivity index (χ1n) is 8.97. The summed E-state index contributed by atoms with van der Waals surface area (Å²) in [5, 5.41) is 0. The minimum Gasteiger partial charge on any atom is -0.494 e. The summed E-state index contributed by atoms with van der Waals surface area (Å²) in [4.78, 5) is 17.9. The van der Waals surface area contributed by atoms with Gasteiger partial charge in [-0.25, -0.2) is 13.2 Å². The molecule has 2 aliphatic rings. The second-order valence-corrected chi connectivity index (χ2v) is 9.29. The van der Waals surface area contributed by atoms with Crippen molar-refractivity contribution in [2.75, 3.05) is 51.8 Å². The monoisotopic (exact) mass is 381 g/mol. The van der Waals surface area contributed by atoms with Crippen LogP contribution in [-0.2, 0) is 9.84 Å². The molecule has 1 aromatic rings.